The Balaban J connectivity index is 1.59. The minimum absolute atomic E-state index is 0.126. The number of aromatic nitrogens is 4. The maximum atomic E-state index is 13.1. The third-order valence-corrected chi connectivity index (χ3v) is 3.52. The van der Waals surface area contributed by atoms with Crippen LogP contribution in [0.3, 0.4) is 0 Å². The number of benzene rings is 2. The molecular weight excluding hydrogens is 365 g/mol. The molecule has 10 heteroatoms. The fourth-order valence-corrected chi connectivity index (χ4v) is 2.22. The first-order chi connectivity index (χ1) is 12.5. The lowest BCUT2D eigenvalue weighted by atomic mass is 10.2. The molecule has 1 N–H and O–H groups in total. The molecule has 0 radical (unpaired) electrons. The number of halogens is 2. The second-order valence-corrected chi connectivity index (χ2v) is 5.47. The lowest BCUT2D eigenvalue weighted by Crippen LogP contribution is -2.21. The van der Waals surface area contributed by atoms with Gasteiger partial charge in [-0.05, 0) is 46.8 Å². The van der Waals surface area contributed by atoms with Crippen molar-refractivity contribution >= 4 is 29.2 Å². The van der Waals surface area contributed by atoms with E-state index in [1.165, 1.54) is 35.3 Å². The van der Waals surface area contributed by atoms with E-state index in [2.05, 4.69) is 20.8 Å². The topological polar surface area (TPSA) is 99.0 Å². The Kier molecular flexibility index (Phi) is 5.18. The lowest BCUT2D eigenvalue weighted by molar-refractivity contribution is -0.119. The Morgan fingerprint density at radius 2 is 2.08 bits per heavy atom. The highest BCUT2D eigenvalue weighted by Gasteiger charge is 2.12. The van der Waals surface area contributed by atoms with Crippen molar-refractivity contribution in [2.45, 2.75) is 0 Å². The van der Waals surface area contributed by atoms with Crippen LogP contribution in [0.4, 0.5) is 10.1 Å². The molecule has 0 aliphatic rings. The van der Waals surface area contributed by atoms with E-state index in [1.807, 2.05) is 0 Å². The first-order valence-corrected chi connectivity index (χ1v) is 7.66. The van der Waals surface area contributed by atoms with Crippen molar-refractivity contribution in [2.75, 3.05) is 11.9 Å². The molecule has 3 rings (SSSR count). The average Bonchev–Trinajstić information content (AvgIpc) is 3.18. The summed E-state index contributed by atoms with van der Waals surface area (Å²) in [6, 6.07) is 10.1. The van der Waals surface area contributed by atoms with Gasteiger partial charge in [0, 0.05) is 5.69 Å². The summed E-state index contributed by atoms with van der Waals surface area (Å²) in [5, 5.41) is 13.1. The highest BCUT2D eigenvalue weighted by Crippen LogP contribution is 2.19. The zero-order valence-electron chi connectivity index (χ0n) is 13.1. The molecule has 0 saturated carbocycles. The summed E-state index contributed by atoms with van der Waals surface area (Å²) < 4.78 is 19.4. The Hall–Kier alpha value is -3.33. The van der Waals surface area contributed by atoms with Crippen LogP contribution in [0.1, 0.15) is 10.4 Å². The molecule has 0 bridgehead atoms. The number of carbonyl (C=O) groups is 2. The molecule has 26 heavy (non-hydrogen) atoms. The Labute approximate surface area is 151 Å². The highest BCUT2D eigenvalue weighted by molar-refractivity contribution is 6.31. The van der Waals surface area contributed by atoms with Crippen LogP contribution in [0.2, 0.25) is 5.02 Å². The minimum Gasteiger partial charge on any atom is -0.452 e. The summed E-state index contributed by atoms with van der Waals surface area (Å²) in [5.74, 6) is -1.87. The van der Waals surface area contributed by atoms with Crippen LogP contribution >= 0.6 is 11.6 Å². The maximum Gasteiger partial charge on any atom is 0.338 e. The van der Waals surface area contributed by atoms with Gasteiger partial charge in [-0.25, -0.2) is 13.9 Å². The summed E-state index contributed by atoms with van der Waals surface area (Å²) in [6.45, 7) is -0.511. The molecular formula is C16H11ClFN5O3. The Morgan fingerprint density at radius 3 is 2.81 bits per heavy atom. The van der Waals surface area contributed by atoms with Crippen LogP contribution < -0.4 is 5.32 Å². The summed E-state index contributed by atoms with van der Waals surface area (Å²) in [5.41, 5.74) is 1.09. The normalized spacial score (nSPS) is 10.4. The summed E-state index contributed by atoms with van der Waals surface area (Å²) >= 11 is 5.63. The van der Waals surface area contributed by atoms with Gasteiger partial charge in [0.05, 0.1) is 16.3 Å². The van der Waals surface area contributed by atoms with Crippen LogP contribution in [0.5, 0.6) is 0 Å². The second kappa shape index (κ2) is 7.70. The standard InChI is InChI=1S/C16H11ClFN5O3/c17-13-7-11(4-5-14(13)18)20-15(24)8-26-16(25)10-2-1-3-12(6-10)23-9-19-21-22-23/h1-7,9H,8H2,(H,20,24). The molecule has 3 aromatic rings. The number of nitrogens with one attached hydrogen (secondary N) is 1. The third kappa shape index (κ3) is 4.19. The van der Waals surface area contributed by atoms with Gasteiger partial charge < -0.3 is 10.1 Å². The lowest BCUT2D eigenvalue weighted by Gasteiger charge is -2.08. The molecule has 0 aliphatic heterocycles. The number of rotatable bonds is 5. The van der Waals surface area contributed by atoms with E-state index < -0.39 is 24.3 Å². The second-order valence-electron chi connectivity index (χ2n) is 5.06. The van der Waals surface area contributed by atoms with Gasteiger partial charge in [0.2, 0.25) is 0 Å². The number of hydrogen-bond donors (Lipinski definition) is 1. The van der Waals surface area contributed by atoms with Crippen molar-refractivity contribution in [2.24, 2.45) is 0 Å². The zero-order valence-corrected chi connectivity index (χ0v) is 13.9. The number of carbonyl (C=O) groups excluding carboxylic acids is 2. The smallest absolute Gasteiger partial charge is 0.338 e. The predicted octanol–water partition coefficient (Wildman–Crippen LogP) is 2.25. The number of tetrazole rings is 1. The number of hydrogen-bond acceptors (Lipinski definition) is 6. The first-order valence-electron chi connectivity index (χ1n) is 7.28. The van der Waals surface area contributed by atoms with E-state index in [0.29, 0.717) is 5.69 Å². The van der Waals surface area contributed by atoms with Gasteiger partial charge >= 0.3 is 5.97 Å². The van der Waals surface area contributed by atoms with Crippen LogP contribution in [0, 0.1) is 5.82 Å². The molecule has 0 atom stereocenters. The van der Waals surface area contributed by atoms with Gasteiger partial charge in [-0.2, -0.15) is 0 Å². The van der Waals surface area contributed by atoms with Crippen LogP contribution in [0.25, 0.3) is 5.69 Å². The van der Waals surface area contributed by atoms with Gasteiger partial charge in [0.15, 0.2) is 6.61 Å². The van der Waals surface area contributed by atoms with Crippen LogP contribution in [-0.4, -0.2) is 38.7 Å². The number of anilines is 1. The van der Waals surface area contributed by atoms with Gasteiger partial charge in [0.1, 0.15) is 12.1 Å². The first kappa shape index (κ1) is 17.5. The number of nitrogens with zero attached hydrogens (tertiary/aromatic N) is 4. The van der Waals surface area contributed by atoms with Crippen molar-refractivity contribution < 1.29 is 18.7 Å². The maximum absolute atomic E-state index is 13.1. The Morgan fingerprint density at radius 1 is 1.23 bits per heavy atom. The molecule has 1 amide bonds. The number of esters is 1. The quantitative estimate of drug-likeness (QED) is 0.687. The van der Waals surface area contributed by atoms with Gasteiger partial charge in [-0.3, -0.25) is 4.79 Å². The van der Waals surface area contributed by atoms with E-state index >= 15 is 0 Å². The van der Waals surface area contributed by atoms with Crippen LogP contribution in [-0.2, 0) is 9.53 Å². The van der Waals surface area contributed by atoms with Crippen molar-refractivity contribution in [1.82, 2.24) is 20.2 Å². The number of amides is 1. The molecule has 8 nitrogen and oxygen atoms in total. The molecule has 0 aliphatic carbocycles. The Bertz CT molecular complexity index is 949. The van der Waals surface area contributed by atoms with Crippen molar-refractivity contribution in [3.8, 4) is 5.69 Å². The van der Waals surface area contributed by atoms with E-state index in [9.17, 15) is 14.0 Å². The average molecular weight is 376 g/mol. The molecule has 1 heterocycles. The largest absolute Gasteiger partial charge is 0.452 e. The SMILES string of the molecule is O=C(COC(=O)c1cccc(-n2cnnn2)c1)Nc1ccc(F)c(Cl)c1. The highest BCUT2D eigenvalue weighted by atomic mass is 35.5. The van der Waals surface area contributed by atoms with E-state index in [-0.39, 0.29) is 16.3 Å². The fraction of sp³-hybridized carbons (Fsp3) is 0.0625. The number of ether oxygens (including phenoxy) is 1. The summed E-state index contributed by atoms with van der Waals surface area (Å²) in [4.78, 5) is 23.9. The molecule has 0 fully saturated rings. The fourth-order valence-electron chi connectivity index (χ4n) is 2.04. The monoisotopic (exact) mass is 375 g/mol. The molecule has 1 aromatic heterocycles. The molecule has 2 aromatic carbocycles. The van der Waals surface area contributed by atoms with Gasteiger partial charge in [-0.15, -0.1) is 5.10 Å². The van der Waals surface area contributed by atoms with Gasteiger partial charge in [0.25, 0.3) is 5.91 Å². The van der Waals surface area contributed by atoms with E-state index in [0.717, 1.165) is 6.07 Å². The molecule has 0 spiro atoms. The summed E-state index contributed by atoms with van der Waals surface area (Å²) in [7, 11) is 0. The van der Waals surface area contributed by atoms with Crippen LogP contribution in [0.15, 0.2) is 48.8 Å². The third-order valence-electron chi connectivity index (χ3n) is 3.23. The van der Waals surface area contributed by atoms with Crippen molar-refractivity contribution in [1.29, 1.82) is 0 Å². The van der Waals surface area contributed by atoms with Gasteiger partial charge in [-0.1, -0.05) is 17.7 Å². The molecule has 132 valence electrons. The van der Waals surface area contributed by atoms with E-state index in [1.54, 1.807) is 12.1 Å². The summed E-state index contributed by atoms with van der Waals surface area (Å²) in [6.07, 6.45) is 1.38. The van der Waals surface area contributed by atoms with Crippen molar-refractivity contribution in [3.63, 3.8) is 0 Å². The minimum atomic E-state index is -0.688. The van der Waals surface area contributed by atoms with Crippen molar-refractivity contribution in [3.05, 3.63) is 65.2 Å². The molecule has 0 unspecified atom stereocenters. The predicted molar refractivity (Wildman–Crippen MR) is 89.5 cm³/mol. The van der Waals surface area contributed by atoms with E-state index in [4.69, 9.17) is 16.3 Å². The molecule has 0 saturated heterocycles. The zero-order chi connectivity index (χ0) is 18.5.